The number of halogens is 1. The molecular weight excluding hydrogens is 389 g/mol. The average molecular weight is 420 g/mol. The highest BCUT2D eigenvalue weighted by Gasteiger charge is 2.26. The first-order valence-electron chi connectivity index (χ1n) is 11.5. The first kappa shape index (κ1) is 20.2. The van der Waals surface area contributed by atoms with Crippen molar-refractivity contribution in [2.24, 2.45) is 0 Å². The van der Waals surface area contributed by atoms with Crippen LogP contribution in [0.2, 0.25) is 0 Å². The summed E-state index contributed by atoms with van der Waals surface area (Å²) in [7, 11) is 0. The fourth-order valence-corrected chi connectivity index (χ4v) is 4.86. The number of aromatic nitrogens is 2. The molecule has 0 bridgehead atoms. The van der Waals surface area contributed by atoms with Crippen LogP contribution < -0.4 is 10.2 Å². The van der Waals surface area contributed by atoms with E-state index in [0.717, 1.165) is 60.5 Å². The maximum atomic E-state index is 13.2. The first-order valence-corrected chi connectivity index (χ1v) is 11.5. The van der Waals surface area contributed by atoms with E-state index in [0.29, 0.717) is 6.54 Å². The summed E-state index contributed by atoms with van der Waals surface area (Å²) in [5.41, 5.74) is 1.97. The number of hydrogen-bond donors (Lipinski definition) is 1. The van der Waals surface area contributed by atoms with E-state index in [2.05, 4.69) is 15.1 Å². The van der Waals surface area contributed by atoms with Gasteiger partial charge in [-0.25, -0.2) is 9.37 Å². The van der Waals surface area contributed by atoms with Crippen molar-refractivity contribution in [3.8, 4) is 0 Å². The Kier molecular flexibility index (Phi) is 5.98. The van der Waals surface area contributed by atoms with E-state index in [1.807, 2.05) is 24.3 Å². The van der Waals surface area contributed by atoms with Gasteiger partial charge in [-0.05, 0) is 42.7 Å². The highest BCUT2D eigenvalue weighted by Crippen LogP contribution is 2.27. The maximum absolute atomic E-state index is 13.2. The smallest absolute Gasteiger partial charge is 0.227 e. The Morgan fingerprint density at radius 1 is 0.871 bits per heavy atom. The topological polar surface area (TPSA) is 44.3 Å². The van der Waals surface area contributed by atoms with Gasteiger partial charge in [0, 0.05) is 44.2 Å². The molecule has 0 spiro atoms. The Labute approximate surface area is 183 Å². The van der Waals surface area contributed by atoms with Crippen LogP contribution in [0.15, 0.2) is 48.5 Å². The summed E-state index contributed by atoms with van der Waals surface area (Å²) in [5, 5.41) is 4.46. The zero-order valence-electron chi connectivity index (χ0n) is 17.9. The summed E-state index contributed by atoms with van der Waals surface area (Å²) < 4.78 is 13.2. The number of para-hydroxylation sites is 1. The number of nitrogens with one attached hydrogen (secondary N) is 1. The van der Waals surface area contributed by atoms with Gasteiger partial charge in [-0.15, -0.1) is 0 Å². The third-order valence-electron chi connectivity index (χ3n) is 6.65. The van der Waals surface area contributed by atoms with Crippen molar-refractivity contribution in [2.75, 3.05) is 36.4 Å². The van der Waals surface area contributed by atoms with Gasteiger partial charge in [-0.1, -0.05) is 43.5 Å². The van der Waals surface area contributed by atoms with Crippen molar-refractivity contribution in [3.63, 3.8) is 0 Å². The number of hydrogen-bond acceptors (Lipinski definition) is 5. The molecule has 31 heavy (non-hydrogen) atoms. The van der Waals surface area contributed by atoms with E-state index >= 15 is 0 Å². The molecule has 6 heteroatoms. The van der Waals surface area contributed by atoms with Gasteiger partial charge < -0.3 is 10.2 Å². The molecule has 1 aliphatic heterocycles. The summed E-state index contributed by atoms with van der Waals surface area (Å²) >= 11 is 0. The highest BCUT2D eigenvalue weighted by atomic mass is 19.1. The zero-order chi connectivity index (χ0) is 21.0. The van der Waals surface area contributed by atoms with Gasteiger partial charge in [0.25, 0.3) is 0 Å². The number of fused-ring (bicyclic) bond motifs is 1. The van der Waals surface area contributed by atoms with E-state index in [1.54, 1.807) is 12.1 Å². The second kappa shape index (κ2) is 9.18. The summed E-state index contributed by atoms with van der Waals surface area (Å²) in [5.74, 6) is 1.41. The lowest BCUT2D eigenvalue weighted by Crippen LogP contribution is -2.51. The van der Waals surface area contributed by atoms with E-state index in [9.17, 15) is 4.39 Å². The van der Waals surface area contributed by atoms with E-state index in [4.69, 9.17) is 9.97 Å². The number of piperazine rings is 1. The molecule has 1 saturated carbocycles. The molecule has 0 atom stereocenters. The van der Waals surface area contributed by atoms with Gasteiger partial charge in [0.05, 0.1) is 5.52 Å². The van der Waals surface area contributed by atoms with Crippen LogP contribution in [0.4, 0.5) is 16.2 Å². The minimum atomic E-state index is -0.217. The summed E-state index contributed by atoms with van der Waals surface area (Å²) in [6, 6.07) is 15.5. The van der Waals surface area contributed by atoms with Crippen LogP contribution in [0.1, 0.15) is 37.7 Å². The van der Waals surface area contributed by atoms with E-state index in [1.165, 1.54) is 44.2 Å². The molecule has 0 unspecified atom stereocenters. The molecule has 1 N–H and O–H groups in total. The van der Waals surface area contributed by atoms with Gasteiger partial charge in [0.1, 0.15) is 11.6 Å². The maximum Gasteiger partial charge on any atom is 0.227 e. The van der Waals surface area contributed by atoms with Crippen molar-refractivity contribution in [1.29, 1.82) is 0 Å². The molecule has 0 amide bonds. The molecule has 5 rings (SSSR count). The zero-order valence-corrected chi connectivity index (χ0v) is 17.9. The van der Waals surface area contributed by atoms with Gasteiger partial charge in [-0.2, -0.15) is 4.98 Å². The largest absolute Gasteiger partial charge is 0.365 e. The lowest BCUT2D eigenvalue weighted by atomic mass is 9.94. The van der Waals surface area contributed by atoms with Crippen LogP contribution in [0.25, 0.3) is 10.9 Å². The highest BCUT2D eigenvalue weighted by molar-refractivity contribution is 5.90. The lowest BCUT2D eigenvalue weighted by Gasteiger charge is -2.40. The molecule has 3 aromatic rings. The van der Waals surface area contributed by atoms with Gasteiger partial charge in [0.2, 0.25) is 5.95 Å². The van der Waals surface area contributed by atoms with Crippen LogP contribution in [-0.4, -0.2) is 47.1 Å². The van der Waals surface area contributed by atoms with Gasteiger partial charge >= 0.3 is 0 Å². The molecular formula is C25H30FN5. The molecule has 5 nitrogen and oxygen atoms in total. The predicted molar refractivity (Wildman–Crippen MR) is 124 cm³/mol. The SMILES string of the molecule is Fc1ccc(CNc2nc(N3CCN(C4CCCCC4)CC3)nc3ccccc23)cc1. The summed E-state index contributed by atoms with van der Waals surface area (Å²) in [6.07, 6.45) is 6.85. The predicted octanol–water partition coefficient (Wildman–Crippen LogP) is 4.84. The quantitative estimate of drug-likeness (QED) is 0.641. The van der Waals surface area contributed by atoms with Crippen molar-refractivity contribution in [1.82, 2.24) is 14.9 Å². The van der Waals surface area contributed by atoms with Crippen LogP contribution in [0.5, 0.6) is 0 Å². The molecule has 2 heterocycles. The molecule has 2 aromatic carbocycles. The van der Waals surface area contributed by atoms with Gasteiger partial charge in [0.15, 0.2) is 0 Å². The van der Waals surface area contributed by atoms with Crippen molar-refractivity contribution in [3.05, 3.63) is 59.9 Å². The Bertz CT molecular complexity index is 1010. The van der Waals surface area contributed by atoms with Crippen LogP contribution >= 0.6 is 0 Å². The van der Waals surface area contributed by atoms with Crippen LogP contribution in [-0.2, 0) is 6.54 Å². The minimum Gasteiger partial charge on any atom is -0.365 e. The molecule has 2 aliphatic rings. The van der Waals surface area contributed by atoms with Crippen molar-refractivity contribution in [2.45, 2.75) is 44.7 Å². The standard InChI is InChI=1S/C25H30FN5/c26-20-12-10-19(11-13-20)18-27-24-22-8-4-5-9-23(22)28-25(29-24)31-16-14-30(15-17-31)21-6-2-1-3-7-21/h4-5,8-13,21H,1-3,6-7,14-18H2,(H,27,28,29). The number of anilines is 2. The van der Waals surface area contributed by atoms with E-state index in [-0.39, 0.29) is 5.82 Å². The van der Waals surface area contributed by atoms with Crippen molar-refractivity contribution < 1.29 is 4.39 Å². The Morgan fingerprint density at radius 3 is 2.39 bits per heavy atom. The lowest BCUT2D eigenvalue weighted by molar-refractivity contribution is 0.147. The average Bonchev–Trinajstić information content (AvgIpc) is 2.84. The van der Waals surface area contributed by atoms with E-state index < -0.39 is 0 Å². The third kappa shape index (κ3) is 4.64. The molecule has 0 radical (unpaired) electrons. The summed E-state index contributed by atoms with van der Waals surface area (Å²) in [4.78, 5) is 14.8. The van der Waals surface area contributed by atoms with Crippen LogP contribution in [0, 0.1) is 5.82 Å². The first-order chi connectivity index (χ1) is 15.3. The monoisotopic (exact) mass is 419 g/mol. The number of nitrogens with zero attached hydrogens (tertiary/aromatic N) is 4. The minimum absolute atomic E-state index is 0.217. The molecule has 1 aliphatic carbocycles. The van der Waals surface area contributed by atoms with Crippen molar-refractivity contribution >= 4 is 22.7 Å². The Morgan fingerprint density at radius 2 is 1.61 bits per heavy atom. The second-order valence-corrected chi connectivity index (χ2v) is 8.68. The fraction of sp³-hybridized carbons (Fsp3) is 0.440. The Balaban J connectivity index is 1.32. The van der Waals surface area contributed by atoms with Crippen LogP contribution in [0.3, 0.4) is 0 Å². The Hall–Kier alpha value is -2.73. The molecule has 1 aromatic heterocycles. The summed E-state index contributed by atoms with van der Waals surface area (Å²) in [6.45, 7) is 4.69. The third-order valence-corrected chi connectivity index (χ3v) is 6.65. The second-order valence-electron chi connectivity index (χ2n) is 8.68. The molecule has 2 fully saturated rings. The fourth-order valence-electron chi connectivity index (χ4n) is 4.86. The molecule has 162 valence electrons. The molecule has 1 saturated heterocycles. The number of rotatable bonds is 5. The van der Waals surface area contributed by atoms with Gasteiger partial charge in [-0.3, -0.25) is 4.90 Å². The normalized spacial score (nSPS) is 18.4. The number of benzene rings is 2.